The molecule has 0 radical (unpaired) electrons. The molecule has 43 heavy (non-hydrogen) atoms. The van der Waals surface area contributed by atoms with Crippen LogP contribution in [0.1, 0.15) is 0 Å². The Hall–Kier alpha value is -5.80. The lowest BCUT2D eigenvalue weighted by Gasteiger charge is -2.26. The number of hydrogen-bond donors (Lipinski definition) is 0. The maximum Gasteiger partial charge on any atom is 0.137 e. The molecule has 0 fully saturated rings. The Bertz CT molecular complexity index is 2160. The Balaban J connectivity index is 1.33. The van der Waals surface area contributed by atoms with E-state index in [1.807, 2.05) is 30.6 Å². The minimum absolute atomic E-state index is 0.877. The summed E-state index contributed by atoms with van der Waals surface area (Å²) in [6.45, 7) is 0. The van der Waals surface area contributed by atoms with Crippen LogP contribution in [0.5, 0.6) is 0 Å². The SMILES string of the molecule is c1ccc(-c2c3ccccc3c(-c3ccc(N(c4ccccn4)c4cccc5ccccc45)cc3)c3ccccc23)nc1. The third-order valence-corrected chi connectivity index (χ3v) is 8.15. The van der Waals surface area contributed by atoms with Crippen LogP contribution in [0.15, 0.2) is 164 Å². The highest BCUT2D eigenvalue weighted by atomic mass is 15.2. The van der Waals surface area contributed by atoms with Gasteiger partial charge in [0, 0.05) is 29.0 Å². The molecular weight excluding hydrogens is 522 g/mol. The van der Waals surface area contributed by atoms with Gasteiger partial charge in [-0.25, -0.2) is 4.98 Å². The Labute approximate surface area is 250 Å². The molecule has 0 unspecified atom stereocenters. The first-order valence-electron chi connectivity index (χ1n) is 14.5. The van der Waals surface area contributed by atoms with Gasteiger partial charge in [0.1, 0.15) is 5.82 Å². The minimum Gasteiger partial charge on any atom is -0.294 e. The van der Waals surface area contributed by atoms with Crippen LogP contribution < -0.4 is 4.90 Å². The molecular formula is C40H27N3. The van der Waals surface area contributed by atoms with Crippen LogP contribution in [0, 0.1) is 0 Å². The average Bonchev–Trinajstić information content (AvgIpc) is 3.09. The zero-order valence-corrected chi connectivity index (χ0v) is 23.4. The molecule has 8 rings (SSSR count). The lowest BCUT2D eigenvalue weighted by molar-refractivity contribution is 1.19. The van der Waals surface area contributed by atoms with E-state index in [1.165, 1.54) is 49.0 Å². The van der Waals surface area contributed by atoms with Gasteiger partial charge in [-0.15, -0.1) is 0 Å². The van der Waals surface area contributed by atoms with Crippen molar-refractivity contribution in [1.29, 1.82) is 0 Å². The van der Waals surface area contributed by atoms with E-state index in [9.17, 15) is 0 Å². The molecule has 202 valence electrons. The summed E-state index contributed by atoms with van der Waals surface area (Å²) in [5.41, 5.74) is 6.70. The Morgan fingerprint density at radius 3 is 1.58 bits per heavy atom. The van der Waals surface area contributed by atoms with E-state index in [0.717, 1.165) is 22.9 Å². The highest BCUT2D eigenvalue weighted by molar-refractivity contribution is 6.21. The van der Waals surface area contributed by atoms with E-state index >= 15 is 0 Å². The molecule has 0 aliphatic carbocycles. The van der Waals surface area contributed by atoms with Crippen molar-refractivity contribution < 1.29 is 0 Å². The van der Waals surface area contributed by atoms with Crippen molar-refractivity contribution in [3.8, 4) is 22.4 Å². The van der Waals surface area contributed by atoms with E-state index < -0.39 is 0 Å². The largest absolute Gasteiger partial charge is 0.294 e. The third-order valence-electron chi connectivity index (χ3n) is 8.15. The average molecular weight is 550 g/mol. The zero-order chi connectivity index (χ0) is 28.6. The van der Waals surface area contributed by atoms with Gasteiger partial charge >= 0.3 is 0 Å². The number of rotatable bonds is 5. The number of nitrogens with zero attached hydrogens (tertiary/aromatic N) is 3. The fourth-order valence-corrected chi connectivity index (χ4v) is 6.29. The van der Waals surface area contributed by atoms with E-state index in [4.69, 9.17) is 9.97 Å². The van der Waals surface area contributed by atoms with Crippen molar-refractivity contribution in [2.24, 2.45) is 0 Å². The first-order valence-corrected chi connectivity index (χ1v) is 14.5. The summed E-state index contributed by atoms with van der Waals surface area (Å²) < 4.78 is 0. The normalized spacial score (nSPS) is 11.3. The number of aromatic nitrogens is 2. The predicted molar refractivity (Wildman–Crippen MR) is 180 cm³/mol. The molecule has 6 aromatic carbocycles. The van der Waals surface area contributed by atoms with Crippen LogP contribution in [0.25, 0.3) is 54.7 Å². The third kappa shape index (κ3) is 4.30. The maximum absolute atomic E-state index is 4.76. The summed E-state index contributed by atoms with van der Waals surface area (Å²) in [4.78, 5) is 11.8. The van der Waals surface area contributed by atoms with E-state index in [-0.39, 0.29) is 0 Å². The summed E-state index contributed by atoms with van der Waals surface area (Å²) in [6.07, 6.45) is 3.72. The highest BCUT2D eigenvalue weighted by Crippen LogP contribution is 2.44. The maximum atomic E-state index is 4.76. The second-order valence-electron chi connectivity index (χ2n) is 10.6. The molecule has 2 aromatic heterocycles. The smallest absolute Gasteiger partial charge is 0.137 e. The lowest BCUT2D eigenvalue weighted by atomic mass is 9.87. The molecule has 8 aromatic rings. The standard InChI is InChI=1S/C40H27N3/c1-2-14-31-28(12-1)13-11-20-37(31)43(38-21-8-10-27-42-38)30-24-22-29(23-25-30)39-32-15-3-5-17-34(32)40(36-19-7-9-26-41-36)35-18-6-4-16-33(35)39/h1-27H. The van der Waals surface area contributed by atoms with Gasteiger partial charge in [0.05, 0.1) is 11.4 Å². The Morgan fingerprint density at radius 2 is 0.953 bits per heavy atom. The van der Waals surface area contributed by atoms with Crippen molar-refractivity contribution in [1.82, 2.24) is 9.97 Å². The predicted octanol–water partition coefficient (Wildman–Crippen LogP) is 10.7. The van der Waals surface area contributed by atoms with Crippen molar-refractivity contribution in [3.63, 3.8) is 0 Å². The minimum atomic E-state index is 0.877. The molecule has 0 amide bonds. The van der Waals surface area contributed by atoms with Crippen molar-refractivity contribution in [3.05, 3.63) is 164 Å². The van der Waals surface area contributed by atoms with E-state index in [0.29, 0.717) is 0 Å². The fraction of sp³-hybridized carbons (Fsp3) is 0. The van der Waals surface area contributed by atoms with Gasteiger partial charge in [0.25, 0.3) is 0 Å². The molecule has 0 saturated carbocycles. The highest BCUT2D eigenvalue weighted by Gasteiger charge is 2.19. The van der Waals surface area contributed by atoms with Gasteiger partial charge in [-0.3, -0.25) is 9.88 Å². The number of benzene rings is 6. The summed E-state index contributed by atoms with van der Waals surface area (Å²) in [7, 11) is 0. The lowest BCUT2D eigenvalue weighted by Crippen LogP contribution is -2.11. The molecule has 0 N–H and O–H groups in total. The summed E-state index contributed by atoms with van der Waals surface area (Å²) in [5, 5.41) is 7.20. The van der Waals surface area contributed by atoms with Gasteiger partial charge < -0.3 is 0 Å². The van der Waals surface area contributed by atoms with Crippen molar-refractivity contribution in [2.45, 2.75) is 0 Å². The Morgan fingerprint density at radius 1 is 0.395 bits per heavy atom. The van der Waals surface area contributed by atoms with Crippen molar-refractivity contribution >= 4 is 49.5 Å². The molecule has 3 nitrogen and oxygen atoms in total. The first-order chi connectivity index (χ1) is 21.4. The summed E-state index contributed by atoms with van der Waals surface area (Å²) in [5.74, 6) is 0.877. The number of hydrogen-bond acceptors (Lipinski definition) is 3. The summed E-state index contributed by atoms with van der Waals surface area (Å²) in [6, 6.07) is 53.4. The molecule has 0 saturated heterocycles. The fourth-order valence-electron chi connectivity index (χ4n) is 6.29. The second kappa shape index (κ2) is 10.6. The monoisotopic (exact) mass is 549 g/mol. The molecule has 0 atom stereocenters. The molecule has 2 heterocycles. The van der Waals surface area contributed by atoms with E-state index in [2.05, 4.69) is 138 Å². The van der Waals surface area contributed by atoms with Crippen LogP contribution in [-0.2, 0) is 0 Å². The van der Waals surface area contributed by atoms with Gasteiger partial charge in [0.2, 0.25) is 0 Å². The van der Waals surface area contributed by atoms with Gasteiger partial charge in [0.15, 0.2) is 0 Å². The van der Waals surface area contributed by atoms with Crippen LogP contribution >= 0.6 is 0 Å². The number of fused-ring (bicyclic) bond motifs is 3. The summed E-state index contributed by atoms with van der Waals surface area (Å²) >= 11 is 0. The van der Waals surface area contributed by atoms with Gasteiger partial charge in [-0.2, -0.15) is 0 Å². The van der Waals surface area contributed by atoms with Crippen molar-refractivity contribution in [2.75, 3.05) is 4.90 Å². The Kier molecular flexibility index (Phi) is 6.12. The van der Waals surface area contributed by atoms with E-state index in [1.54, 1.807) is 0 Å². The van der Waals surface area contributed by atoms with Crippen LogP contribution in [0.3, 0.4) is 0 Å². The molecule has 0 aliphatic rings. The topological polar surface area (TPSA) is 29.0 Å². The van der Waals surface area contributed by atoms with Crippen LogP contribution in [0.4, 0.5) is 17.2 Å². The molecule has 0 bridgehead atoms. The first kappa shape index (κ1) is 25.0. The quantitative estimate of drug-likeness (QED) is 0.200. The number of pyridine rings is 2. The number of anilines is 3. The van der Waals surface area contributed by atoms with Gasteiger partial charge in [-0.1, -0.05) is 109 Å². The van der Waals surface area contributed by atoms with Crippen LogP contribution in [0.2, 0.25) is 0 Å². The van der Waals surface area contributed by atoms with Crippen LogP contribution in [-0.4, -0.2) is 9.97 Å². The van der Waals surface area contributed by atoms with Gasteiger partial charge in [-0.05, 0) is 80.5 Å². The molecule has 0 aliphatic heterocycles. The second-order valence-corrected chi connectivity index (χ2v) is 10.6. The molecule has 3 heteroatoms. The molecule has 0 spiro atoms. The zero-order valence-electron chi connectivity index (χ0n) is 23.4.